The average Bonchev–Trinajstić information content (AvgIpc) is 2.42. The predicted octanol–water partition coefficient (Wildman–Crippen LogP) is 1.53. The van der Waals surface area contributed by atoms with Gasteiger partial charge in [-0.2, -0.15) is 0 Å². The highest BCUT2D eigenvalue weighted by Gasteiger charge is 2.08. The maximum Gasteiger partial charge on any atom is 0.338 e. The molecule has 0 bridgehead atoms. The topological polar surface area (TPSA) is 66.8 Å². The molecule has 0 unspecified atom stereocenters. The summed E-state index contributed by atoms with van der Waals surface area (Å²) in [6.07, 6.45) is 3.87. The molecule has 0 heterocycles. The second-order valence-corrected chi connectivity index (χ2v) is 3.83. The number of unbranched alkanes of at least 4 members (excludes halogenated alkanes) is 1. The smallest absolute Gasteiger partial charge is 0.338 e. The molecule has 2 N–H and O–H groups in total. The molecule has 18 heavy (non-hydrogen) atoms. The number of allylic oxidation sites excluding steroid dienone is 1. The van der Waals surface area contributed by atoms with Crippen molar-refractivity contribution >= 4 is 5.97 Å². The Balaban J connectivity index is 2.28. The fraction of sp³-hybridized carbons (Fsp3) is 0.357. The first-order valence-electron chi connectivity index (χ1n) is 5.92. The predicted molar refractivity (Wildman–Crippen MR) is 68.2 cm³/mol. The van der Waals surface area contributed by atoms with Crippen molar-refractivity contribution in [3.05, 3.63) is 48.0 Å². The van der Waals surface area contributed by atoms with E-state index >= 15 is 0 Å². The highest BCUT2D eigenvalue weighted by molar-refractivity contribution is 5.89. The van der Waals surface area contributed by atoms with E-state index < -0.39 is 12.1 Å². The molecule has 98 valence electrons. The normalized spacial score (nSPS) is 12.6. The van der Waals surface area contributed by atoms with E-state index in [0.29, 0.717) is 18.4 Å². The van der Waals surface area contributed by atoms with Crippen LogP contribution in [0.5, 0.6) is 0 Å². The third kappa shape index (κ3) is 5.61. The number of hydrogen-bond donors (Lipinski definition) is 2. The third-order valence-electron chi connectivity index (χ3n) is 2.28. The number of carbonyl (C=O) groups is 1. The van der Waals surface area contributed by atoms with E-state index in [-0.39, 0.29) is 13.2 Å². The van der Waals surface area contributed by atoms with Crippen LogP contribution in [0.3, 0.4) is 0 Å². The van der Waals surface area contributed by atoms with E-state index in [2.05, 4.69) is 0 Å². The van der Waals surface area contributed by atoms with E-state index in [0.717, 1.165) is 0 Å². The zero-order valence-electron chi connectivity index (χ0n) is 10.2. The van der Waals surface area contributed by atoms with Gasteiger partial charge in [-0.25, -0.2) is 4.79 Å². The van der Waals surface area contributed by atoms with Gasteiger partial charge in [0, 0.05) is 6.61 Å². The van der Waals surface area contributed by atoms with Gasteiger partial charge in [0.2, 0.25) is 0 Å². The second-order valence-electron chi connectivity index (χ2n) is 3.83. The van der Waals surface area contributed by atoms with Crippen molar-refractivity contribution in [2.75, 3.05) is 13.2 Å². The minimum absolute atomic E-state index is 0.0661. The van der Waals surface area contributed by atoms with Gasteiger partial charge in [0.1, 0.15) is 12.7 Å². The molecular weight excluding hydrogens is 232 g/mol. The molecule has 1 aromatic carbocycles. The molecule has 0 aliphatic rings. The van der Waals surface area contributed by atoms with Gasteiger partial charge < -0.3 is 14.9 Å². The average molecular weight is 250 g/mol. The van der Waals surface area contributed by atoms with Crippen molar-refractivity contribution < 1.29 is 19.7 Å². The van der Waals surface area contributed by atoms with Crippen molar-refractivity contribution in [2.45, 2.75) is 18.9 Å². The lowest BCUT2D eigenvalue weighted by atomic mass is 10.2. The Kier molecular flexibility index (Phi) is 6.76. The molecule has 4 nitrogen and oxygen atoms in total. The van der Waals surface area contributed by atoms with E-state index in [1.54, 1.807) is 36.4 Å². The fourth-order valence-corrected chi connectivity index (χ4v) is 1.34. The van der Waals surface area contributed by atoms with Gasteiger partial charge in [0.25, 0.3) is 0 Å². The van der Waals surface area contributed by atoms with Gasteiger partial charge >= 0.3 is 5.97 Å². The minimum Gasteiger partial charge on any atom is -0.459 e. The van der Waals surface area contributed by atoms with Gasteiger partial charge in [0.15, 0.2) is 0 Å². The van der Waals surface area contributed by atoms with Gasteiger partial charge in [-0.05, 0) is 25.0 Å². The number of ether oxygens (including phenoxy) is 1. The summed E-state index contributed by atoms with van der Waals surface area (Å²) in [5.74, 6) is -0.446. The second kappa shape index (κ2) is 8.44. The van der Waals surface area contributed by atoms with Gasteiger partial charge in [0.05, 0.1) is 5.56 Å². The van der Waals surface area contributed by atoms with Crippen molar-refractivity contribution in [3.8, 4) is 0 Å². The molecule has 0 aliphatic heterocycles. The highest BCUT2D eigenvalue weighted by Crippen LogP contribution is 2.02. The summed E-state index contributed by atoms with van der Waals surface area (Å²) in [4.78, 5) is 11.5. The summed E-state index contributed by atoms with van der Waals surface area (Å²) in [5, 5.41) is 18.1. The van der Waals surface area contributed by atoms with Gasteiger partial charge in [-0.3, -0.25) is 0 Å². The first-order valence-corrected chi connectivity index (χ1v) is 5.92. The molecule has 1 atom stereocenters. The Labute approximate surface area is 107 Å². The largest absolute Gasteiger partial charge is 0.459 e. The van der Waals surface area contributed by atoms with Crippen LogP contribution in [0.15, 0.2) is 42.5 Å². The molecule has 0 fully saturated rings. The third-order valence-corrected chi connectivity index (χ3v) is 2.28. The number of hydrogen-bond acceptors (Lipinski definition) is 4. The zero-order valence-corrected chi connectivity index (χ0v) is 10.2. The molecule has 1 rings (SSSR count). The van der Waals surface area contributed by atoms with E-state index in [1.165, 1.54) is 0 Å². The van der Waals surface area contributed by atoms with Crippen LogP contribution >= 0.6 is 0 Å². The molecule has 0 aromatic heterocycles. The summed E-state index contributed by atoms with van der Waals surface area (Å²) in [6.45, 7) is 0.0623. The van der Waals surface area contributed by atoms with Crippen LogP contribution in [0.1, 0.15) is 23.2 Å². The van der Waals surface area contributed by atoms with Crippen molar-refractivity contribution in [2.24, 2.45) is 0 Å². The number of carbonyl (C=O) groups excluding carboxylic acids is 1. The van der Waals surface area contributed by atoms with Crippen LogP contribution in [0.2, 0.25) is 0 Å². The molecule has 0 saturated heterocycles. The van der Waals surface area contributed by atoms with E-state index in [4.69, 9.17) is 9.84 Å². The van der Waals surface area contributed by atoms with Crippen LogP contribution < -0.4 is 0 Å². The Hall–Kier alpha value is -1.65. The molecular formula is C14H18O4. The molecule has 1 aromatic rings. The number of aliphatic hydroxyl groups excluding tert-OH is 2. The van der Waals surface area contributed by atoms with Crippen molar-refractivity contribution in [1.29, 1.82) is 0 Å². The van der Waals surface area contributed by atoms with Crippen molar-refractivity contribution in [1.82, 2.24) is 0 Å². The quantitative estimate of drug-likeness (QED) is 0.437. The molecule has 0 amide bonds. The Morgan fingerprint density at radius 3 is 2.72 bits per heavy atom. The first kappa shape index (κ1) is 14.4. The maximum absolute atomic E-state index is 11.5. The monoisotopic (exact) mass is 250 g/mol. The highest BCUT2D eigenvalue weighted by atomic mass is 16.5. The summed E-state index contributed by atoms with van der Waals surface area (Å²) in [7, 11) is 0. The van der Waals surface area contributed by atoms with Crippen LogP contribution in [-0.2, 0) is 4.74 Å². The summed E-state index contributed by atoms with van der Waals surface area (Å²) >= 11 is 0. The number of benzene rings is 1. The molecule has 0 saturated carbocycles. The summed E-state index contributed by atoms with van der Waals surface area (Å²) in [6, 6.07) is 8.64. The molecule has 0 aliphatic carbocycles. The SMILES string of the molecule is O=C(OC[C@@H](O)/C=C/CCCO)c1ccccc1. The van der Waals surface area contributed by atoms with Crippen LogP contribution in [0, 0.1) is 0 Å². The first-order chi connectivity index (χ1) is 8.74. The molecule has 0 spiro atoms. The lowest BCUT2D eigenvalue weighted by Crippen LogP contribution is -2.16. The Bertz CT molecular complexity index is 373. The Morgan fingerprint density at radius 1 is 1.33 bits per heavy atom. The van der Waals surface area contributed by atoms with E-state index in [1.807, 2.05) is 6.07 Å². The molecule has 0 radical (unpaired) electrons. The van der Waals surface area contributed by atoms with Gasteiger partial charge in [-0.15, -0.1) is 0 Å². The zero-order chi connectivity index (χ0) is 13.2. The van der Waals surface area contributed by atoms with E-state index in [9.17, 15) is 9.90 Å². The maximum atomic E-state index is 11.5. The lowest BCUT2D eigenvalue weighted by Gasteiger charge is -2.07. The summed E-state index contributed by atoms with van der Waals surface area (Å²) in [5.41, 5.74) is 0.467. The number of aliphatic hydroxyl groups is 2. The Morgan fingerprint density at radius 2 is 2.06 bits per heavy atom. The van der Waals surface area contributed by atoms with Crippen molar-refractivity contribution in [3.63, 3.8) is 0 Å². The van der Waals surface area contributed by atoms with Crippen LogP contribution in [0.4, 0.5) is 0 Å². The lowest BCUT2D eigenvalue weighted by molar-refractivity contribution is 0.0344. The summed E-state index contributed by atoms with van der Waals surface area (Å²) < 4.78 is 4.96. The van der Waals surface area contributed by atoms with Gasteiger partial charge in [-0.1, -0.05) is 30.4 Å². The van der Waals surface area contributed by atoms with Crippen LogP contribution in [0.25, 0.3) is 0 Å². The molecule has 4 heteroatoms. The number of rotatable bonds is 7. The van der Waals surface area contributed by atoms with Crippen LogP contribution in [-0.4, -0.2) is 35.5 Å². The standard InChI is InChI=1S/C14H18O4/c15-10-6-2-5-9-13(16)11-18-14(17)12-7-3-1-4-8-12/h1,3-5,7-9,13,15-16H,2,6,10-11H2/b9-5+/t13-/m0/s1. The fourth-order valence-electron chi connectivity index (χ4n) is 1.34. The minimum atomic E-state index is -0.809. The number of esters is 1.